The summed E-state index contributed by atoms with van der Waals surface area (Å²) >= 11 is 0. The lowest BCUT2D eigenvalue weighted by atomic mass is 9.83. The van der Waals surface area contributed by atoms with Crippen molar-refractivity contribution in [1.82, 2.24) is 9.80 Å². The van der Waals surface area contributed by atoms with Gasteiger partial charge in [-0.1, -0.05) is 12.2 Å². The zero-order valence-corrected chi connectivity index (χ0v) is 14.6. The second-order valence-electron chi connectivity index (χ2n) is 6.58. The van der Waals surface area contributed by atoms with Crippen molar-refractivity contribution < 1.29 is 28.8 Å². The number of carbonyl (C=O) groups excluding carboxylic acids is 2. The topological polar surface area (TPSA) is 96.4 Å². The molecule has 0 aromatic heterocycles. The Morgan fingerprint density at radius 2 is 1.80 bits per heavy atom. The van der Waals surface area contributed by atoms with Crippen molar-refractivity contribution in [2.75, 3.05) is 33.2 Å². The van der Waals surface area contributed by atoms with E-state index >= 15 is 0 Å². The Labute approximate surface area is 147 Å². The molecule has 2 heterocycles. The van der Waals surface area contributed by atoms with Gasteiger partial charge in [-0.15, -0.1) is 0 Å². The molecule has 0 aromatic carbocycles. The SMILES string of the molecule is CN1CC(=O)OB(C/C=C/CCC2CCN(C(=O)O)CC2)OC(=O)C1. The summed E-state index contributed by atoms with van der Waals surface area (Å²) < 4.78 is 10.3. The number of carboxylic acid groups (broad SMARTS) is 1. The summed E-state index contributed by atoms with van der Waals surface area (Å²) in [6.45, 7) is 1.35. The average Bonchev–Trinajstić information content (AvgIpc) is 2.53. The first-order valence-electron chi connectivity index (χ1n) is 8.64. The molecule has 1 N–H and O–H groups in total. The van der Waals surface area contributed by atoms with Gasteiger partial charge in [0.1, 0.15) is 0 Å². The number of carbonyl (C=O) groups is 3. The van der Waals surface area contributed by atoms with Gasteiger partial charge in [0.2, 0.25) is 0 Å². The van der Waals surface area contributed by atoms with Gasteiger partial charge in [0.05, 0.1) is 13.1 Å². The molecule has 2 fully saturated rings. The van der Waals surface area contributed by atoms with Gasteiger partial charge in [-0.2, -0.15) is 0 Å². The Hall–Kier alpha value is -2.03. The predicted octanol–water partition coefficient (Wildman–Crippen LogP) is 1.23. The second-order valence-corrected chi connectivity index (χ2v) is 6.58. The highest BCUT2D eigenvalue weighted by Gasteiger charge is 2.30. The highest BCUT2D eigenvalue weighted by molar-refractivity contribution is 6.49. The van der Waals surface area contributed by atoms with E-state index in [1.165, 1.54) is 4.90 Å². The molecule has 0 aromatic rings. The second kappa shape index (κ2) is 9.46. The molecule has 0 atom stereocenters. The average molecular weight is 352 g/mol. The normalized spacial score (nSPS) is 21.0. The van der Waals surface area contributed by atoms with Crippen LogP contribution in [0.15, 0.2) is 12.2 Å². The molecule has 2 saturated heterocycles. The van der Waals surface area contributed by atoms with Gasteiger partial charge in [0.15, 0.2) is 0 Å². The van der Waals surface area contributed by atoms with E-state index in [4.69, 9.17) is 14.4 Å². The van der Waals surface area contributed by atoms with Crippen LogP contribution < -0.4 is 0 Å². The third-order valence-electron chi connectivity index (χ3n) is 4.45. The highest BCUT2D eigenvalue weighted by atomic mass is 16.6. The van der Waals surface area contributed by atoms with Crippen LogP contribution in [0.4, 0.5) is 4.79 Å². The van der Waals surface area contributed by atoms with E-state index < -0.39 is 25.2 Å². The smallest absolute Gasteiger partial charge is 0.498 e. The van der Waals surface area contributed by atoms with Crippen molar-refractivity contribution in [3.8, 4) is 0 Å². The molecule has 8 nitrogen and oxygen atoms in total. The first-order chi connectivity index (χ1) is 11.9. The maximum absolute atomic E-state index is 11.6. The van der Waals surface area contributed by atoms with Crippen LogP contribution in [0.5, 0.6) is 0 Å². The minimum atomic E-state index is -0.858. The maximum atomic E-state index is 11.6. The van der Waals surface area contributed by atoms with Crippen LogP contribution >= 0.6 is 0 Å². The van der Waals surface area contributed by atoms with Gasteiger partial charge in [-0.3, -0.25) is 14.5 Å². The summed E-state index contributed by atoms with van der Waals surface area (Å²) in [5, 5.41) is 8.92. The van der Waals surface area contributed by atoms with E-state index in [-0.39, 0.29) is 13.1 Å². The van der Waals surface area contributed by atoms with Crippen molar-refractivity contribution in [2.45, 2.75) is 32.0 Å². The summed E-state index contributed by atoms with van der Waals surface area (Å²) in [5.74, 6) is -0.273. The third kappa shape index (κ3) is 6.77. The quantitative estimate of drug-likeness (QED) is 0.587. The summed E-state index contributed by atoms with van der Waals surface area (Å²) in [5.41, 5.74) is 0. The van der Waals surface area contributed by atoms with E-state index in [0.29, 0.717) is 25.3 Å². The Morgan fingerprint density at radius 3 is 2.36 bits per heavy atom. The van der Waals surface area contributed by atoms with E-state index in [1.807, 2.05) is 12.2 Å². The first-order valence-corrected chi connectivity index (χ1v) is 8.64. The first kappa shape index (κ1) is 19.3. The molecule has 1 amide bonds. The molecule has 0 saturated carbocycles. The lowest BCUT2D eigenvalue weighted by Gasteiger charge is -2.29. The lowest BCUT2D eigenvalue weighted by molar-refractivity contribution is -0.145. The fraction of sp³-hybridized carbons (Fsp3) is 0.688. The summed E-state index contributed by atoms with van der Waals surface area (Å²) in [6, 6.07) is 0. The standard InChI is InChI=1S/C16H25BN2O6/c1-18-11-14(20)24-17(25-15(21)12-18)8-4-2-3-5-13-6-9-19(10-7-13)16(22)23/h2,4,13H,3,5-12H2,1H3,(H,22,23)/b4-2+. The lowest BCUT2D eigenvalue weighted by Crippen LogP contribution is -2.42. The number of allylic oxidation sites excluding steroid dienone is 2. The van der Waals surface area contributed by atoms with E-state index in [2.05, 4.69) is 0 Å². The fourth-order valence-corrected chi connectivity index (χ4v) is 3.05. The van der Waals surface area contributed by atoms with Gasteiger partial charge in [-0.05, 0) is 38.6 Å². The Kier molecular flexibility index (Phi) is 7.30. The van der Waals surface area contributed by atoms with Crippen LogP contribution in [0.1, 0.15) is 25.7 Å². The molecule has 2 rings (SSSR count). The number of likely N-dealkylation sites (N-methyl/N-ethyl adjacent to an activating group) is 1. The van der Waals surface area contributed by atoms with Crippen molar-refractivity contribution in [3.05, 3.63) is 12.2 Å². The molecule has 0 aliphatic carbocycles. The zero-order chi connectivity index (χ0) is 18.2. The number of rotatable bonds is 5. The minimum Gasteiger partial charge on any atom is -0.498 e. The molecule has 138 valence electrons. The molecule has 2 aliphatic rings. The molecule has 9 heteroatoms. The number of likely N-dealkylation sites (tertiary alicyclic amines) is 1. The molecular formula is C16H25BN2O6. The third-order valence-corrected chi connectivity index (χ3v) is 4.45. The van der Waals surface area contributed by atoms with Crippen LogP contribution in [0.25, 0.3) is 0 Å². The van der Waals surface area contributed by atoms with Crippen LogP contribution in [-0.4, -0.2) is 73.3 Å². The van der Waals surface area contributed by atoms with Crippen LogP contribution in [0.2, 0.25) is 6.32 Å². The largest absolute Gasteiger partial charge is 0.602 e. The highest BCUT2D eigenvalue weighted by Crippen LogP contribution is 2.22. The molecule has 0 unspecified atom stereocenters. The monoisotopic (exact) mass is 352 g/mol. The molecule has 0 spiro atoms. The summed E-state index contributed by atoms with van der Waals surface area (Å²) in [7, 11) is 0.799. The summed E-state index contributed by atoms with van der Waals surface area (Å²) in [4.78, 5) is 37.1. The Bertz CT molecular complexity index is 499. The van der Waals surface area contributed by atoms with Crippen molar-refractivity contribution in [1.29, 1.82) is 0 Å². The van der Waals surface area contributed by atoms with Gasteiger partial charge < -0.3 is 19.3 Å². The Balaban J connectivity index is 1.66. The van der Waals surface area contributed by atoms with Crippen molar-refractivity contribution in [2.24, 2.45) is 5.92 Å². The van der Waals surface area contributed by atoms with Crippen molar-refractivity contribution in [3.63, 3.8) is 0 Å². The van der Waals surface area contributed by atoms with E-state index in [1.54, 1.807) is 11.9 Å². The van der Waals surface area contributed by atoms with Crippen LogP contribution in [0, 0.1) is 5.92 Å². The molecule has 2 aliphatic heterocycles. The molecular weight excluding hydrogens is 327 g/mol. The maximum Gasteiger partial charge on any atom is 0.602 e. The Morgan fingerprint density at radius 1 is 1.20 bits per heavy atom. The number of piperidine rings is 1. The predicted molar refractivity (Wildman–Crippen MR) is 90.9 cm³/mol. The van der Waals surface area contributed by atoms with Gasteiger partial charge >= 0.3 is 25.2 Å². The number of hydrogen-bond donors (Lipinski definition) is 1. The molecule has 0 radical (unpaired) electrons. The minimum absolute atomic E-state index is 0.0738. The van der Waals surface area contributed by atoms with Gasteiger partial charge in [0, 0.05) is 19.4 Å². The fourth-order valence-electron chi connectivity index (χ4n) is 3.05. The van der Waals surface area contributed by atoms with Crippen LogP contribution in [0.3, 0.4) is 0 Å². The number of hydrogen-bond acceptors (Lipinski definition) is 6. The van der Waals surface area contributed by atoms with Gasteiger partial charge in [-0.25, -0.2) is 4.79 Å². The molecule has 0 bridgehead atoms. The number of nitrogens with zero attached hydrogens (tertiary/aromatic N) is 2. The van der Waals surface area contributed by atoms with E-state index in [0.717, 1.165) is 25.7 Å². The summed E-state index contributed by atoms with van der Waals surface area (Å²) in [6.07, 6.45) is 7.02. The zero-order valence-electron chi connectivity index (χ0n) is 14.6. The van der Waals surface area contributed by atoms with Crippen molar-refractivity contribution >= 4 is 25.2 Å². The molecule has 25 heavy (non-hydrogen) atoms. The van der Waals surface area contributed by atoms with Gasteiger partial charge in [0.25, 0.3) is 0 Å². The van der Waals surface area contributed by atoms with Crippen LogP contribution in [-0.2, 0) is 18.9 Å². The van der Waals surface area contributed by atoms with E-state index in [9.17, 15) is 14.4 Å². The number of amides is 1.